The minimum Gasteiger partial charge on any atom is -0.240 e. The largest absolute Gasteiger partial charge is 0.240 e. The first kappa shape index (κ1) is 15.3. The van der Waals surface area contributed by atoms with Crippen LogP contribution >= 0.6 is 0 Å². The summed E-state index contributed by atoms with van der Waals surface area (Å²) < 4.78 is 0. The van der Waals surface area contributed by atoms with Gasteiger partial charge in [0.05, 0.1) is 11.9 Å². The lowest BCUT2D eigenvalue weighted by molar-refractivity contribution is 0.559. The summed E-state index contributed by atoms with van der Waals surface area (Å²) >= 11 is 0. The summed E-state index contributed by atoms with van der Waals surface area (Å²) in [5, 5.41) is 4.28. The lowest BCUT2D eigenvalue weighted by atomic mass is 10.1. The van der Waals surface area contributed by atoms with E-state index in [0.717, 1.165) is 18.0 Å². The predicted octanol–water partition coefficient (Wildman–Crippen LogP) is 5.18. The van der Waals surface area contributed by atoms with Crippen LogP contribution in [-0.2, 0) is 0 Å². The SMILES string of the molecule is CCCCCCCCCCCCC1=NC(C)=C[N]1. The molecule has 0 saturated carbocycles. The third-order valence-corrected chi connectivity index (χ3v) is 3.46. The van der Waals surface area contributed by atoms with Crippen LogP contribution < -0.4 is 5.32 Å². The van der Waals surface area contributed by atoms with Crippen LogP contribution in [0.25, 0.3) is 0 Å². The molecule has 0 amide bonds. The van der Waals surface area contributed by atoms with Crippen molar-refractivity contribution in [1.29, 1.82) is 0 Å². The van der Waals surface area contributed by atoms with Crippen LogP contribution in [0, 0.1) is 0 Å². The van der Waals surface area contributed by atoms with Gasteiger partial charge in [0.15, 0.2) is 0 Å². The molecule has 0 atom stereocenters. The van der Waals surface area contributed by atoms with Crippen molar-refractivity contribution in [1.82, 2.24) is 5.32 Å². The summed E-state index contributed by atoms with van der Waals surface area (Å²) in [7, 11) is 0. The Morgan fingerprint density at radius 3 is 1.89 bits per heavy atom. The van der Waals surface area contributed by atoms with Gasteiger partial charge in [-0.1, -0.05) is 64.7 Å². The molecule has 2 nitrogen and oxygen atoms in total. The summed E-state index contributed by atoms with van der Waals surface area (Å²) in [6, 6.07) is 0. The number of rotatable bonds is 11. The van der Waals surface area contributed by atoms with E-state index < -0.39 is 0 Å². The monoisotopic (exact) mass is 249 g/mol. The molecule has 1 aliphatic rings. The topological polar surface area (TPSA) is 26.5 Å². The summed E-state index contributed by atoms with van der Waals surface area (Å²) in [6.07, 6.45) is 16.8. The molecule has 0 aromatic rings. The van der Waals surface area contributed by atoms with Crippen LogP contribution in [0.2, 0.25) is 0 Å². The van der Waals surface area contributed by atoms with Gasteiger partial charge in [0, 0.05) is 6.42 Å². The number of unbranched alkanes of at least 4 members (excludes halogenated alkanes) is 9. The molecule has 2 heteroatoms. The van der Waals surface area contributed by atoms with Crippen LogP contribution in [0.15, 0.2) is 16.9 Å². The third kappa shape index (κ3) is 7.52. The molecule has 1 radical (unpaired) electrons. The highest BCUT2D eigenvalue weighted by atomic mass is 15.0. The normalized spacial score (nSPS) is 14.3. The second-order valence-electron chi connectivity index (χ2n) is 5.36. The fraction of sp³-hybridized carbons (Fsp3) is 0.812. The van der Waals surface area contributed by atoms with Crippen molar-refractivity contribution in [3.8, 4) is 0 Å². The lowest BCUT2D eigenvalue weighted by Crippen LogP contribution is -2.05. The maximum absolute atomic E-state index is 4.38. The maximum Gasteiger partial charge on any atom is 0.128 e. The Balaban J connectivity index is 1.78. The van der Waals surface area contributed by atoms with Crippen molar-refractivity contribution in [2.75, 3.05) is 0 Å². The smallest absolute Gasteiger partial charge is 0.128 e. The van der Waals surface area contributed by atoms with Crippen molar-refractivity contribution in [3.05, 3.63) is 11.9 Å². The van der Waals surface area contributed by atoms with Gasteiger partial charge in [-0.15, -0.1) is 0 Å². The Labute approximate surface area is 113 Å². The van der Waals surface area contributed by atoms with E-state index in [2.05, 4.69) is 17.2 Å². The molecule has 1 aliphatic heterocycles. The standard InChI is InChI=1S/C16H29N2/c1-3-4-5-6-7-8-9-10-11-12-13-16-17-14-15(2)18-16/h14H,3-13H2,1-2H3. The Hall–Kier alpha value is -0.790. The molecule has 1 rings (SSSR count). The Kier molecular flexibility index (Phi) is 8.62. The quantitative estimate of drug-likeness (QED) is 0.451. The molecular weight excluding hydrogens is 220 g/mol. The van der Waals surface area contributed by atoms with Gasteiger partial charge in [0.1, 0.15) is 5.84 Å². The zero-order valence-corrected chi connectivity index (χ0v) is 12.2. The first-order chi connectivity index (χ1) is 8.83. The van der Waals surface area contributed by atoms with Gasteiger partial charge in [-0.2, -0.15) is 0 Å². The molecular formula is C16H29N2. The van der Waals surface area contributed by atoms with Gasteiger partial charge in [-0.25, -0.2) is 10.3 Å². The van der Waals surface area contributed by atoms with E-state index in [0.29, 0.717) is 0 Å². The van der Waals surface area contributed by atoms with Gasteiger partial charge in [-0.3, -0.25) is 0 Å². The minimum atomic E-state index is 1.03. The molecule has 18 heavy (non-hydrogen) atoms. The van der Waals surface area contributed by atoms with E-state index >= 15 is 0 Å². The Morgan fingerprint density at radius 2 is 1.39 bits per heavy atom. The maximum atomic E-state index is 4.38. The summed E-state index contributed by atoms with van der Waals surface area (Å²) in [6.45, 7) is 4.28. The van der Waals surface area contributed by atoms with Gasteiger partial charge in [0.2, 0.25) is 0 Å². The molecule has 0 unspecified atom stereocenters. The molecule has 0 N–H and O–H groups in total. The van der Waals surface area contributed by atoms with Crippen LogP contribution in [0.1, 0.15) is 84.5 Å². The van der Waals surface area contributed by atoms with E-state index in [1.807, 2.05) is 13.1 Å². The first-order valence-electron chi connectivity index (χ1n) is 7.78. The second-order valence-corrected chi connectivity index (χ2v) is 5.36. The van der Waals surface area contributed by atoms with Crippen molar-refractivity contribution in [2.24, 2.45) is 4.99 Å². The zero-order valence-electron chi connectivity index (χ0n) is 12.2. The van der Waals surface area contributed by atoms with Crippen LogP contribution in [-0.4, -0.2) is 5.84 Å². The number of nitrogens with zero attached hydrogens (tertiary/aromatic N) is 2. The molecule has 0 saturated heterocycles. The van der Waals surface area contributed by atoms with Crippen molar-refractivity contribution in [3.63, 3.8) is 0 Å². The van der Waals surface area contributed by atoms with Gasteiger partial charge >= 0.3 is 0 Å². The van der Waals surface area contributed by atoms with E-state index in [4.69, 9.17) is 0 Å². The number of hydrogen-bond acceptors (Lipinski definition) is 1. The fourth-order valence-corrected chi connectivity index (χ4v) is 2.32. The second kappa shape index (κ2) is 10.2. The molecule has 0 spiro atoms. The van der Waals surface area contributed by atoms with Crippen LogP contribution in [0.4, 0.5) is 0 Å². The van der Waals surface area contributed by atoms with Crippen molar-refractivity contribution < 1.29 is 0 Å². The first-order valence-corrected chi connectivity index (χ1v) is 7.78. The fourth-order valence-electron chi connectivity index (χ4n) is 2.32. The van der Waals surface area contributed by atoms with E-state index in [-0.39, 0.29) is 0 Å². The van der Waals surface area contributed by atoms with E-state index in [1.54, 1.807) is 0 Å². The highest BCUT2D eigenvalue weighted by Gasteiger charge is 2.05. The summed E-state index contributed by atoms with van der Waals surface area (Å²) in [5.41, 5.74) is 1.05. The average Bonchev–Trinajstić information content (AvgIpc) is 2.77. The highest BCUT2D eigenvalue weighted by Crippen LogP contribution is 2.12. The number of aliphatic imine (C=N–C) groups is 1. The lowest BCUT2D eigenvalue weighted by Gasteiger charge is -2.02. The Morgan fingerprint density at radius 1 is 0.833 bits per heavy atom. The number of amidine groups is 1. The zero-order chi connectivity index (χ0) is 13.1. The van der Waals surface area contributed by atoms with E-state index in [9.17, 15) is 0 Å². The molecule has 1 heterocycles. The highest BCUT2D eigenvalue weighted by molar-refractivity contribution is 5.85. The molecule has 0 aromatic heterocycles. The third-order valence-electron chi connectivity index (χ3n) is 3.46. The Bertz CT molecular complexity index is 266. The number of hydrogen-bond donors (Lipinski definition) is 0. The molecule has 0 aromatic carbocycles. The van der Waals surface area contributed by atoms with Crippen molar-refractivity contribution >= 4 is 5.84 Å². The van der Waals surface area contributed by atoms with Gasteiger partial charge in [-0.05, 0) is 13.3 Å². The van der Waals surface area contributed by atoms with Gasteiger partial charge < -0.3 is 0 Å². The molecule has 0 aliphatic carbocycles. The summed E-state index contributed by atoms with van der Waals surface area (Å²) in [4.78, 5) is 4.38. The minimum absolute atomic E-state index is 1.03. The molecule has 0 fully saturated rings. The number of allylic oxidation sites excluding steroid dienone is 1. The van der Waals surface area contributed by atoms with E-state index in [1.165, 1.54) is 64.2 Å². The summed E-state index contributed by atoms with van der Waals surface area (Å²) in [5.74, 6) is 1.03. The predicted molar refractivity (Wildman–Crippen MR) is 79.8 cm³/mol. The van der Waals surface area contributed by atoms with Gasteiger partial charge in [0.25, 0.3) is 0 Å². The van der Waals surface area contributed by atoms with Crippen LogP contribution in [0.5, 0.6) is 0 Å². The average molecular weight is 249 g/mol. The molecule has 103 valence electrons. The molecule has 0 bridgehead atoms. The van der Waals surface area contributed by atoms with Crippen molar-refractivity contribution in [2.45, 2.75) is 84.5 Å². The van der Waals surface area contributed by atoms with Crippen LogP contribution in [0.3, 0.4) is 0 Å².